The Balaban J connectivity index is 2.70. The zero-order valence-corrected chi connectivity index (χ0v) is 12.1. The Bertz CT molecular complexity index is 450. The van der Waals surface area contributed by atoms with Crippen LogP contribution in [0.15, 0.2) is 24.3 Å². The molecule has 1 aromatic rings. The number of carbonyl (C=O) groups is 1. The van der Waals surface area contributed by atoms with Gasteiger partial charge >= 0.3 is 6.03 Å². The zero-order valence-electron chi connectivity index (χ0n) is 12.1. The number of anilines is 1. The topological polar surface area (TPSA) is 70.6 Å². The van der Waals surface area contributed by atoms with Crippen molar-refractivity contribution in [1.29, 1.82) is 0 Å². The number of aliphatic hydroxyl groups is 1. The number of ether oxygens (including phenoxy) is 1. The standard InChI is InChI=1S/C14H22N2O3/c1-13(2,14(3,4)18)16-12(17)15-10-7-6-8-11(9-10)19-5/h6-9,18H,1-5H3,(H2,15,16,17). The van der Waals surface area contributed by atoms with Gasteiger partial charge in [0.1, 0.15) is 5.75 Å². The fourth-order valence-corrected chi connectivity index (χ4v) is 1.30. The molecule has 0 atom stereocenters. The first kappa shape index (κ1) is 15.3. The van der Waals surface area contributed by atoms with Crippen LogP contribution in [-0.4, -0.2) is 29.4 Å². The lowest BCUT2D eigenvalue weighted by Gasteiger charge is -2.37. The summed E-state index contributed by atoms with van der Waals surface area (Å²) in [5.74, 6) is 0.666. The Labute approximate surface area is 114 Å². The number of carbonyl (C=O) groups excluding carboxylic acids is 1. The van der Waals surface area contributed by atoms with Gasteiger partial charge in [-0.15, -0.1) is 0 Å². The van der Waals surface area contributed by atoms with E-state index >= 15 is 0 Å². The van der Waals surface area contributed by atoms with Crippen molar-refractivity contribution in [3.8, 4) is 5.75 Å². The average molecular weight is 266 g/mol. The van der Waals surface area contributed by atoms with E-state index in [9.17, 15) is 9.90 Å². The normalized spacial score (nSPS) is 11.9. The molecule has 0 saturated heterocycles. The quantitative estimate of drug-likeness (QED) is 0.783. The molecule has 0 aliphatic carbocycles. The minimum Gasteiger partial charge on any atom is -0.497 e. The van der Waals surface area contributed by atoms with Crippen LogP contribution in [0.3, 0.4) is 0 Å². The molecular weight excluding hydrogens is 244 g/mol. The van der Waals surface area contributed by atoms with Gasteiger partial charge in [-0.3, -0.25) is 0 Å². The van der Waals surface area contributed by atoms with E-state index in [2.05, 4.69) is 10.6 Å². The maximum absolute atomic E-state index is 11.9. The lowest BCUT2D eigenvalue weighted by atomic mass is 9.86. The molecule has 0 fully saturated rings. The van der Waals surface area contributed by atoms with Crippen molar-refractivity contribution in [2.24, 2.45) is 0 Å². The van der Waals surface area contributed by atoms with Gasteiger partial charge in [0, 0.05) is 11.8 Å². The number of hydrogen-bond acceptors (Lipinski definition) is 3. The van der Waals surface area contributed by atoms with Gasteiger partial charge in [0.15, 0.2) is 0 Å². The van der Waals surface area contributed by atoms with E-state index in [0.717, 1.165) is 0 Å². The highest BCUT2D eigenvalue weighted by molar-refractivity contribution is 5.90. The second-order valence-electron chi connectivity index (χ2n) is 5.50. The number of methoxy groups -OCH3 is 1. The van der Waals surface area contributed by atoms with E-state index in [0.29, 0.717) is 11.4 Å². The molecule has 0 aromatic heterocycles. The molecule has 1 aromatic carbocycles. The van der Waals surface area contributed by atoms with Gasteiger partial charge in [0.05, 0.1) is 18.2 Å². The van der Waals surface area contributed by atoms with Crippen LogP contribution in [0.1, 0.15) is 27.7 Å². The molecule has 5 heteroatoms. The van der Waals surface area contributed by atoms with Gasteiger partial charge in [0.2, 0.25) is 0 Å². The third-order valence-electron chi connectivity index (χ3n) is 3.28. The van der Waals surface area contributed by atoms with E-state index in [1.54, 1.807) is 59.1 Å². The summed E-state index contributed by atoms with van der Waals surface area (Å²) in [5, 5.41) is 15.4. The van der Waals surface area contributed by atoms with Crippen molar-refractivity contribution in [3.63, 3.8) is 0 Å². The van der Waals surface area contributed by atoms with E-state index in [1.165, 1.54) is 0 Å². The molecule has 19 heavy (non-hydrogen) atoms. The Morgan fingerprint density at radius 3 is 2.42 bits per heavy atom. The maximum atomic E-state index is 11.9. The molecule has 0 bridgehead atoms. The van der Waals surface area contributed by atoms with Crippen molar-refractivity contribution in [1.82, 2.24) is 5.32 Å². The van der Waals surface area contributed by atoms with Crippen molar-refractivity contribution in [3.05, 3.63) is 24.3 Å². The van der Waals surface area contributed by atoms with E-state index in [4.69, 9.17) is 4.74 Å². The predicted molar refractivity (Wildman–Crippen MR) is 75.5 cm³/mol. The second kappa shape index (κ2) is 5.48. The first-order chi connectivity index (χ1) is 8.65. The minimum absolute atomic E-state index is 0.375. The van der Waals surface area contributed by atoms with Gasteiger partial charge in [0.25, 0.3) is 0 Å². The molecule has 1 rings (SSSR count). The highest BCUT2D eigenvalue weighted by atomic mass is 16.5. The molecule has 0 aliphatic rings. The Kier molecular flexibility index (Phi) is 4.42. The molecule has 0 heterocycles. The van der Waals surface area contributed by atoms with E-state index in [-0.39, 0.29) is 6.03 Å². The van der Waals surface area contributed by atoms with Gasteiger partial charge in [-0.25, -0.2) is 4.79 Å². The number of nitrogens with one attached hydrogen (secondary N) is 2. The highest BCUT2D eigenvalue weighted by Gasteiger charge is 2.36. The minimum atomic E-state index is -1.03. The van der Waals surface area contributed by atoms with Crippen molar-refractivity contribution < 1.29 is 14.6 Å². The number of benzene rings is 1. The van der Waals surface area contributed by atoms with E-state index in [1.807, 2.05) is 0 Å². The molecule has 106 valence electrons. The van der Waals surface area contributed by atoms with Gasteiger partial charge in [-0.2, -0.15) is 0 Å². The number of amides is 2. The summed E-state index contributed by atoms with van der Waals surface area (Å²) >= 11 is 0. The lowest BCUT2D eigenvalue weighted by Crippen LogP contribution is -2.58. The number of urea groups is 1. The molecule has 0 spiro atoms. The van der Waals surface area contributed by atoms with Crippen molar-refractivity contribution in [2.75, 3.05) is 12.4 Å². The predicted octanol–water partition coefficient (Wildman–Crippen LogP) is 2.37. The van der Waals surface area contributed by atoms with Crippen LogP contribution in [0.2, 0.25) is 0 Å². The fourth-order valence-electron chi connectivity index (χ4n) is 1.30. The third-order valence-corrected chi connectivity index (χ3v) is 3.28. The summed E-state index contributed by atoms with van der Waals surface area (Å²) in [4.78, 5) is 11.9. The molecular formula is C14H22N2O3. The maximum Gasteiger partial charge on any atom is 0.319 e. The average Bonchev–Trinajstić information content (AvgIpc) is 2.26. The van der Waals surface area contributed by atoms with Crippen molar-refractivity contribution >= 4 is 11.7 Å². The van der Waals surface area contributed by atoms with Crippen LogP contribution in [0.4, 0.5) is 10.5 Å². The van der Waals surface area contributed by atoms with Crippen LogP contribution in [-0.2, 0) is 0 Å². The molecule has 3 N–H and O–H groups in total. The molecule has 0 aliphatic heterocycles. The van der Waals surface area contributed by atoms with Crippen molar-refractivity contribution in [2.45, 2.75) is 38.8 Å². The zero-order chi connectivity index (χ0) is 14.7. The summed E-state index contributed by atoms with van der Waals surface area (Å²) in [7, 11) is 1.57. The van der Waals surface area contributed by atoms with Crippen LogP contribution in [0.5, 0.6) is 5.75 Å². The van der Waals surface area contributed by atoms with Gasteiger partial charge < -0.3 is 20.5 Å². The van der Waals surface area contributed by atoms with Gasteiger partial charge in [-0.1, -0.05) is 6.07 Å². The second-order valence-corrected chi connectivity index (χ2v) is 5.50. The Morgan fingerprint density at radius 1 is 1.26 bits per heavy atom. The molecule has 0 saturated carbocycles. The molecule has 0 radical (unpaired) electrons. The summed E-state index contributed by atoms with van der Waals surface area (Å²) in [6, 6.07) is 6.69. The summed E-state index contributed by atoms with van der Waals surface area (Å²) in [6.07, 6.45) is 0. The summed E-state index contributed by atoms with van der Waals surface area (Å²) in [6.45, 7) is 6.83. The third kappa shape index (κ3) is 4.13. The highest BCUT2D eigenvalue weighted by Crippen LogP contribution is 2.21. The van der Waals surface area contributed by atoms with Crippen LogP contribution in [0, 0.1) is 0 Å². The first-order valence-corrected chi connectivity index (χ1v) is 6.11. The van der Waals surface area contributed by atoms with Crippen LogP contribution < -0.4 is 15.4 Å². The monoisotopic (exact) mass is 266 g/mol. The largest absolute Gasteiger partial charge is 0.497 e. The van der Waals surface area contributed by atoms with E-state index < -0.39 is 11.1 Å². The molecule has 5 nitrogen and oxygen atoms in total. The Hall–Kier alpha value is -1.75. The summed E-state index contributed by atoms with van der Waals surface area (Å²) in [5.41, 5.74) is -1.15. The Morgan fingerprint density at radius 2 is 1.89 bits per heavy atom. The number of rotatable bonds is 4. The number of hydrogen-bond donors (Lipinski definition) is 3. The smallest absolute Gasteiger partial charge is 0.319 e. The van der Waals surface area contributed by atoms with Crippen LogP contribution >= 0.6 is 0 Å². The first-order valence-electron chi connectivity index (χ1n) is 6.11. The van der Waals surface area contributed by atoms with Crippen LogP contribution in [0.25, 0.3) is 0 Å². The molecule has 2 amide bonds. The summed E-state index contributed by atoms with van der Waals surface area (Å²) < 4.78 is 5.08. The molecule has 0 unspecified atom stereocenters. The van der Waals surface area contributed by atoms with Gasteiger partial charge in [-0.05, 0) is 39.8 Å². The SMILES string of the molecule is COc1cccc(NC(=O)NC(C)(C)C(C)(C)O)c1. The fraction of sp³-hybridized carbons (Fsp3) is 0.500. The lowest BCUT2D eigenvalue weighted by molar-refractivity contribution is 0.00184.